The van der Waals surface area contributed by atoms with Crippen LogP contribution in [0, 0.1) is 0 Å². The average molecular weight is 179 g/mol. The minimum atomic E-state index is 0.201. The molecule has 0 saturated carbocycles. The molecule has 0 saturated heterocycles. The lowest BCUT2D eigenvalue weighted by molar-refractivity contribution is 0.304. The molecule has 2 nitrogen and oxygen atoms in total. The summed E-state index contributed by atoms with van der Waals surface area (Å²) in [6.45, 7) is 3.03. The van der Waals surface area contributed by atoms with Crippen LogP contribution >= 0.6 is 0 Å². The van der Waals surface area contributed by atoms with Gasteiger partial charge in [-0.3, -0.25) is 0 Å². The number of hydrogen-bond donors (Lipinski definition) is 1. The van der Waals surface area contributed by atoms with Crippen molar-refractivity contribution < 1.29 is 5.11 Å². The molecule has 0 unspecified atom stereocenters. The largest absolute Gasteiger partial charge is 0.395 e. The van der Waals surface area contributed by atoms with Crippen LogP contribution in [0.2, 0.25) is 0 Å². The molecule has 0 aliphatic carbocycles. The number of nitrogens with zero attached hydrogens (tertiary/aromatic N) is 1. The van der Waals surface area contributed by atoms with Gasteiger partial charge in [0.05, 0.1) is 6.61 Å². The molecule has 0 aliphatic rings. The molecule has 1 aromatic carbocycles. The molecular weight excluding hydrogens is 162 g/mol. The fraction of sp³-hybridized carbons (Fsp3) is 0.455. The molecule has 1 rings (SSSR count). The minimum absolute atomic E-state index is 0.201. The quantitative estimate of drug-likeness (QED) is 0.760. The number of aliphatic hydroxyl groups is 1. The second-order valence-corrected chi connectivity index (χ2v) is 3.17. The summed E-state index contributed by atoms with van der Waals surface area (Å²) in [4.78, 5) is 2.05. The zero-order valence-corrected chi connectivity index (χ0v) is 8.33. The monoisotopic (exact) mass is 179 g/mol. The zero-order chi connectivity index (χ0) is 9.68. The molecule has 0 bridgehead atoms. The predicted molar refractivity (Wildman–Crippen MR) is 56.2 cm³/mol. The Bertz CT molecular complexity index is 260. The Kier molecular flexibility index (Phi) is 3.77. The van der Waals surface area contributed by atoms with E-state index in [1.165, 1.54) is 11.3 Å². The molecule has 0 heterocycles. The molecule has 1 aromatic rings. The molecule has 2 heteroatoms. The normalized spacial score (nSPS) is 10.1. The van der Waals surface area contributed by atoms with Crippen molar-refractivity contribution in [2.24, 2.45) is 0 Å². The number of likely N-dealkylation sites (N-methyl/N-ethyl adjacent to an activating group) is 1. The van der Waals surface area contributed by atoms with E-state index >= 15 is 0 Å². The van der Waals surface area contributed by atoms with Crippen molar-refractivity contribution in [1.82, 2.24) is 0 Å². The van der Waals surface area contributed by atoms with Gasteiger partial charge in [-0.05, 0) is 24.1 Å². The summed E-state index contributed by atoms with van der Waals surface area (Å²) < 4.78 is 0. The van der Waals surface area contributed by atoms with Gasteiger partial charge in [0.15, 0.2) is 0 Å². The van der Waals surface area contributed by atoms with Crippen LogP contribution in [-0.4, -0.2) is 25.3 Å². The van der Waals surface area contributed by atoms with Crippen LogP contribution in [0.3, 0.4) is 0 Å². The van der Waals surface area contributed by atoms with Gasteiger partial charge in [0, 0.05) is 19.3 Å². The Morgan fingerprint density at radius 1 is 1.38 bits per heavy atom. The van der Waals surface area contributed by atoms with Crippen LogP contribution < -0.4 is 4.90 Å². The van der Waals surface area contributed by atoms with E-state index in [9.17, 15) is 0 Å². The van der Waals surface area contributed by atoms with Gasteiger partial charge in [0.1, 0.15) is 0 Å². The Morgan fingerprint density at radius 2 is 2.15 bits per heavy atom. The summed E-state index contributed by atoms with van der Waals surface area (Å²) in [6, 6.07) is 8.41. The molecule has 0 aliphatic heterocycles. The first-order valence-electron chi connectivity index (χ1n) is 4.69. The molecule has 0 aromatic heterocycles. The highest BCUT2D eigenvalue weighted by Gasteiger charge is 1.99. The van der Waals surface area contributed by atoms with Gasteiger partial charge in [0.2, 0.25) is 0 Å². The third-order valence-corrected chi connectivity index (χ3v) is 2.19. The maximum absolute atomic E-state index is 8.78. The molecule has 72 valence electrons. The second kappa shape index (κ2) is 4.87. The summed E-state index contributed by atoms with van der Waals surface area (Å²) in [5, 5.41) is 8.78. The zero-order valence-electron chi connectivity index (χ0n) is 8.33. The van der Waals surface area contributed by atoms with Crippen LogP contribution in [0.1, 0.15) is 12.5 Å². The van der Waals surface area contributed by atoms with E-state index in [1.807, 2.05) is 7.05 Å². The van der Waals surface area contributed by atoms with Gasteiger partial charge in [0.25, 0.3) is 0 Å². The third kappa shape index (κ3) is 2.74. The minimum Gasteiger partial charge on any atom is -0.395 e. The summed E-state index contributed by atoms with van der Waals surface area (Å²) in [7, 11) is 1.99. The standard InChI is InChI=1S/C11H17NO/c1-3-10-5-4-6-11(9-10)12(2)7-8-13/h4-6,9,13H,3,7-8H2,1-2H3. The van der Waals surface area contributed by atoms with E-state index in [0.29, 0.717) is 6.54 Å². The third-order valence-electron chi connectivity index (χ3n) is 2.19. The molecule has 13 heavy (non-hydrogen) atoms. The van der Waals surface area contributed by atoms with Crippen molar-refractivity contribution in [2.45, 2.75) is 13.3 Å². The van der Waals surface area contributed by atoms with Crippen LogP contribution in [0.15, 0.2) is 24.3 Å². The lowest BCUT2D eigenvalue weighted by Gasteiger charge is -2.18. The molecule has 0 amide bonds. The van der Waals surface area contributed by atoms with E-state index in [2.05, 4.69) is 36.1 Å². The molecular formula is C11H17NO. The summed E-state index contributed by atoms with van der Waals surface area (Å²) in [5.74, 6) is 0. The Hall–Kier alpha value is -1.02. The van der Waals surface area contributed by atoms with E-state index in [0.717, 1.165) is 6.42 Å². The topological polar surface area (TPSA) is 23.5 Å². The van der Waals surface area contributed by atoms with Crippen LogP contribution in [0.4, 0.5) is 5.69 Å². The Labute approximate surface area is 79.8 Å². The number of rotatable bonds is 4. The lowest BCUT2D eigenvalue weighted by Crippen LogP contribution is -2.21. The van der Waals surface area contributed by atoms with E-state index in [4.69, 9.17) is 5.11 Å². The highest BCUT2D eigenvalue weighted by molar-refractivity contribution is 5.47. The predicted octanol–water partition coefficient (Wildman–Crippen LogP) is 1.68. The first kappa shape index (κ1) is 10.1. The van der Waals surface area contributed by atoms with Crippen molar-refractivity contribution in [2.75, 3.05) is 25.1 Å². The Morgan fingerprint density at radius 3 is 2.77 bits per heavy atom. The van der Waals surface area contributed by atoms with Crippen LogP contribution in [-0.2, 0) is 6.42 Å². The first-order valence-corrected chi connectivity index (χ1v) is 4.69. The lowest BCUT2D eigenvalue weighted by atomic mass is 10.1. The second-order valence-electron chi connectivity index (χ2n) is 3.17. The van der Waals surface area contributed by atoms with Gasteiger partial charge < -0.3 is 10.0 Å². The van der Waals surface area contributed by atoms with Gasteiger partial charge >= 0.3 is 0 Å². The molecule has 0 spiro atoms. The van der Waals surface area contributed by atoms with Gasteiger partial charge in [-0.25, -0.2) is 0 Å². The first-order chi connectivity index (χ1) is 6.27. The fourth-order valence-corrected chi connectivity index (χ4v) is 1.29. The number of benzene rings is 1. The van der Waals surface area contributed by atoms with Gasteiger partial charge in [-0.2, -0.15) is 0 Å². The van der Waals surface area contributed by atoms with Crippen molar-refractivity contribution in [3.63, 3.8) is 0 Å². The summed E-state index contributed by atoms with van der Waals surface area (Å²) in [5.41, 5.74) is 2.51. The number of hydrogen-bond acceptors (Lipinski definition) is 2. The summed E-state index contributed by atoms with van der Waals surface area (Å²) in [6.07, 6.45) is 1.06. The number of aliphatic hydroxyl groups excluding tert-OH is 1. The van der Waals surface area contributed by atoms with E-state index in [-0.39, 0.29) is 6.61 Å². The van der Waals surface area contributed by atoms with E-state index < -0.39 is 0 Å². The highest BCUT2D eigenvalue weighted by atomic mass is 16.3. The molecule has 1 N–H and O–H groups in total. The molecule has 0 atom stereocenters. The molecule has 0 fully saturated rings. The highest BCUT2D eigenvalue weighted by Crippen LogP contribution is 2.14. The van der Waals surface area contributed by atoms with E-state index in [1.54, 1.807) is 0 Å². The van der Waals surface area contributed by atoms with Gasteiger partial charge in [-0.1, -0.05) is 19.1 Å². The smallest absolute Gasteiger partial charge is 0.0606 e. The van der Waals surface area contributed by atoms with Crippen LogP contribution in [0.25, 0.3) is 0 Å². The number of aryl methyl sites for hydroxylation is 1. The fourth-order valence-electron chi connectivity index (χ4n) is 1.29. The Balaban J connectivity index is 2.75. The van der Waals surface area contributed by atoms with Gasteiger partial charge in [-0.15, -0.1) is 0 Å². The maximum atomic E-state index is 8.78. The summed E-state index contributed by atoms with van der Waals surface area (Å²) >= 11 is 0. The van der Waals surface area contributed by atoms with Crippen molar-refractivity contribution in [3.05, 3.63) is 29.8 Å². The maximum Gasteiger partial charge on any atom is 0.0606 e. The van der Waals surface area contributed by atoms with Crippen molar-refractivity contribution >= 4 is 5.69 Å². The van der Waals surface area contributed by atoms with Crippen molar-refractivity contribution in [1.29, 1.82) is 0 Å². The average Bonchev–Trinajstić information content (AvgIpc) is 2.18. The number of anilines is 1. The van der Waals surface area contributed by atoms with Crippen LogP contribution in [0.5, 0.6) is 0 Å². The SMILES string of the molecule is CCc1cccc(N(C)CCO)c1. The molecule has 0 radical (unpaired) electrons. The van der Waals surface area contributed by atoms with Crippen molar-refractivity contribution in [3.8, 4) is 0 Å².